The number of aromatic amines is 1. The predicted octanol–water partition coefficient (Wildman–Crippen LogP) is 1.27. The van der Waals surface area contributed by atoms with Crippen LogP contribution in [0.2, 0.25) is 0 Å². The molecular formula is C20H19F4N5O4. The lowest BCUT2D eigenvalue weighted by Gasteiger charge is -2.18. The number of amides is 1. The number of hydrogen-bond acceptors (Lipinski definition) is 5. The summed E-state index contributed by atoms with van der Waals surface area (Å²) >= 11 is 0. The molecule has 1 aliphatic heterocycles. The molecule has 1 fully saturated rings. The molecule has 1 aliphatic rings. The molecule has 0 spiro atoms. The van der Waals surface area contributed by atoms with Crippen LogP contribution in [0.25, 0.3) is 11.0 Å². The lowest BCUT2D eigenvalue weighted by atomic mass is 10.2. The number of likely N-dealkylation sites (tertiary alicyclic amines) is 1. The highest BCUT2D eigenvalue weighted by atomic mass is 19.4. The fourth-order valence-corrected chi connectivity index (χ4v) is 4.02. The number of aliphatic hydroxyl groups is 1. The zero-order valence-electron chi connectivity index (χ0n) is 17.0. The number of fused-ring (bicyclic) bond motifs is 1. The summed E-state index contributed by atoms with van der Waals surface area (Å²) in [5.74, 6) is -2.70. The number of rotatable bonds is 5. The minimum Gasteiger partial charge on any atom is -0.389 e. The summed E-state index contributed by atoms with van der Waals surface area (Å²) in [5, 5.41) is 10.3. The van der Waals surface area contributed by atoms with E-state index in [2.05, 4.69) is 4.98 Å². The van der Waals surface area contributed by atoms with Gasteiger partial charge in [0.2, 0.25) is 17.5 Å². The minimum atomic E-state index is -4.66. The van der Waals surface area contributed by atoms with Crippen molar-refractivity contribution in [1.29, 1.82) is 0 Å². The fourth-order valence-electron chi connectivity index (χ4n) is 4.02. The van der Waals surface area contributed by atoms with E-state index in [1.54, 1.807) is 17.1 Å². The van der Waals surface area contributed by atoms with Crippen LogP contribution >= 0.6 is 0 Å². The van der Waals surface area contributed by atoms with Gasteiger partial charge >= 0.3 is 11.9 Å². The molecule has 2 N–H and O–H groups in total. The number of imidazole rings is 1. The van der Waals surface area contributed by atoms with Gasteiger partial charge in [-0.2, -0.15) is 17.6 Å². The first-order valence-corrected chi connectivity index (χ1v) is 10.1. The van der Waals surface area contributed by atoms with Crippen LogP contribution in [0.4, 0.5) is 17.6 Å². The van der Waals surface area contributed by atoms with Gasteiger partial charge in [0, 0.05) is 26.1 Å². The Kier molecular flexibility index (Phi) is 5.82. The average molecular weight is 469 g/mol. The maximum atomic E-state index is 13.6. The summed E-state index contributed by atoms with van der Waals surface area (Å²) in [7, 11) is 0. The lowest BCUT2D eigenvalue weighted by molar-refractivity contribution is -0.146. The molecular weight excluding hydrogens is 450 g/mol. The van der Waals surface area contributed by atoms with E-state index in [0.717, 1.165) is 9.13 Å². The van der Waals surface area contributed by atoms with Gasteiger partial charge in [0.15, 0.2) is 0 Å². The molecule has 4 rings (SSSR count). The normalized spacial score (nSPS) is 18.9. The van der Waals surface area contributed by atoms with Crippen molar-refractivity contribution in [3.63, 3.8) is 0 Å². The molecule has 13 heteroatoms. The molecule has 1 amide bonds. The van der Waals surface area contributed by atoms with Crippen LogP contribution in [0.5, 0.6) is 0 Å². The number of aryl methyl sites for hydroxylation is 1. The second kappa shape index (κ2) is 8.46. The van der Waals surface area contributed by atoms with Crippen LogP contribution in [0.1, 0.15) is 24.7 Å². The molecule has 0 radical (unpaired) electrons. The topological polar surface area (TPSA) is 113 Å². The molecule has 0 saturated carbocycles. The highest BCUT2D eigenvalue weighted by Gasteiger charge is 2.38. The third-order valence-corrected chi connectivity index (χ3v) is 5.57. The van der Waals surface area contributed by atoms with Crippen LogP contribution in [0.3, 0.4) is 0 Å². The van der Waals surface area contributed by atoms with Gasteiger partial charge in [-0.15, -0.1) is 0 Å². The standard InChI is InChI=1S/C20H19F4N5O4/c21-11-8-29(19(33)26-17(11)32)14-9-27(10-15(14)30)16(31)6-3-7-28-13-5-2-1-4-12(13)25-18(28)20(22,23)24/h1-2,4-5,8,14-15,30H,3,6-7,9-10H2,(H,26,32,33)/t14-,15-/m1/s1. The molecule has 0 unspecified atom stereocenters. The Morgan fingerprint density at radius 1 is 1.21 bits per heavy atom. The van der Waals surface area contributed by atoms with Crippen LogP contribution in [0.15, 0.2) is 40.1 Å². The highest BCUT2D eigenvalue weighted by Crippen LogP contribution is 2.32. The Morgan fingerprint density at radius 2 is 1.94 bits per heavy atom. The van der Waals surface area contributed by atoms with Crippen LogP contribution in [-0.4, -0.2) is 54.2 Å². The molecule has 1 aromatic carbocycles. The monoisotopic (exact) mass is 469 g/mol. The number of benzene rings is 1. The molecule has 176 valence electrons. The van der Waals surface area contributed by atoms with Crippen molar-refractivity contribution in [2.24, 2.45) is 0 Å². The third-order valence-electron chi connectivity index (χ3n) is 5.57. The van der Waals surface area contributed by atoms with E-state index < -0.39 is 47.1 Å². The smallest absolute Gasteiger partial charge is 0.389 e. The number of aliphatic hydroxyl groups excluding tert-OH is 1. The van der Waals surface area contributed by atoms with E-state index in [1.165, 1.54) is 17.0 Å². The van der Waals surface area contributed by atoms with Gasteiger partial charge in [0.1, 0.15) is 0 Å². The Balaban J connectivity index is 1.44. The van der Waals surface area contributed by atoms with Crippen LogP contribution in [0, 0.1) is 5.82 Å². The first-order valence-electron chi connectivity index (χ1n) is 10.1. The number of para-hydroxylation sites is 2. The Bertz CT molecular complexity index is 1310. The number of halogens is 4. The van der Waals surface area contributed by atoms with E-state index in [-0.39, 0.29) is 38.0 Å². The first kappa shape index (κ1) is 22.7. The van der Waals surface area contributed by atoms with Gasteiger partial charge in [-0.1, -0.05) is 12.1 Å². The Hall–Kier alpha value is -3.48. The van der Waals surface area contributed by atoms with Crippen molar-refractivity contribution in [2.75, 3.05) is 13.1 Å². The Labute approximate surface area is 182 Å². The molecule has 2 atom stereocenters. The van der Waals surface area contributed by atoms with Crippen molar-refractivity contribution in [3.05, 3.63) is 62.9 Å². The van der Waals surface area contributed by atoms with Gasteiger partial charge < -0.3 is 14.6 Å². The molecule has 2 aromatic heterocycles. The second-order valence-electron chi connectivity index (χ2n) is 7.75. The number of aromatic nitrogens is 4. The SMILES string of the molecule is O=C(CCCn1c(C(F)(F)F)nc2ccccc21)N1C[C@@H](O)[C@H](n2cc(F)c(=O)[nH]c2=O)C1. The largest absolute Gasteiger partial charge is 0.449 e. The number of carbonyl (C=O) groups is 1. The minimum absolute atomic E-state index is 0.0762. The zero-order chi connectivity index (χ0) is 23.9. The molecule has 0 bridgehead atoms. The van der Waals surface area contributed by atoms with E-state index in [9.17, 15) is 37.1 Å². The number of β-amino-alcohol motifs (C(OH)–C–C–N with tert-alkyl or cyclic N) is 1. The average Bonchev–Trinajstić information content (AvgIpc) is 3.32. The number of alkyl halides is 3. The van der Waals surface area contributed by atoms with E-state index >= 15 is 0 Å². The molecule has 1 saturated heterocycles. The molecule has 9 nitrogen and oxygen atoms in total. The zero-order valence-corrected chi connectivity index (χ0v) is 17.0. The predicted molar refractivity (Wildman–Crippen MR) is 107 cm³/mol. The van der Waals surface area contributed by atoms with Crippen molar-refractivity contribution >= 4 is 16.9 Å². The Morgan fingerprint density at radius 3 is 2.67 bits per heavy atom. The van der Waals surface area contributed by atoms with Crippen molar-refractivity contribution < 1.29 is 27.5 Å². The highest BCUT2D eigenvalue weighted by molar-refractivity contribution is 5.77. The first-order chi connectivity index (χ1) is 15.6. The van der Waals surface area contributed by atoms with Crippen molar-refractivity contribution in [2.45, 2.75) is 37.7 Å². The van der Waals surface area contributed by atoms with Gasteiger partial charge in [0.25, 0.3) is 5.56 Å². The van der Waals surface area contributed by atoms with Gasteiger partial charge in [0.05, 0.1) is 29.4 Å². The molecule has 0 aliphatic carbocycles. The number of nitrogens with one attached hydrogen (secondary N) is 1. The van der Waals surface area contributed by atoms with E-state index in [4.69, 9.17) is 0 Å². The lowest BCUT2D eigenvalue weighted by Crippen LogP contribution is -2.37. The third kappa shape index (κ3) is 4.40. The van der Waals surface area contributed by atoms with Gasteiger partial charge in [-0.05, 0) is 18.6 Å². The van der Waals surface area contributed by atoms with Gasteiger partial charge in [-0.3, -0.25) is 19.1 Å². The summed E-state index contributed by atoms with van der Waals surface area (Å²) in [4.78, 5) is 42.4. The summed E-state index contributed by atoms with van der Waals surface area (Å²) in [6.45, 7) is -0.364. The van der Waals surface area contributed by atoms with Crippen LogP contribution < -0.4 is 11.2 Å². The quantitative estimate of drug-likeness (QED) is 0.547. The number of H-pyrrole nitrogens is 1. The summed E-state index contributed by atoms with van der Waals surface area (Å²) in [5.41, 5.74) is -1.62. The van der Waals surface area contributed by atoms with E-state index in [0.29, 0.717) is 11.7 Å². The molecule has 33 heavy (non-hydrogen) atoms. The summed E-state index contributed by atoms with van der Waals surface area (Å²) in [6.07, 6.45) is -5.21. The number of carbonyl (C=O) groups excluding carboxylic acids is 1. The summed E-state index contributed by atoms with van der Waals surface area (Å²) < 4.78 is 55.6. The maximum Gasteiger partial charge on any atom is 0.449 e. The number of hydrogen-bond donors (Lipinski definition) is 2. The van der Waals surface area contributed by atoms with Crippen molar-refractivity contribution in [1.82, 2.24) is 24.0 Å². The maximum absolute atomic E-state index is 13.6. The second-order valence-corrected chi connectivity index (χ2v) is 7.75. The summed E-state index contributed by atoms with van der Waals surface area (Å²) in [6, 6.07) is 5.20. The van der Waals surface area contributed by atoms with Gasteiger partial charge in [-0.25, -0.2) is 9.78 Å². The molecule has 3 aromatic rings. The van der Waals surface area contributed by atoms with Crippen LogP contribution in [-0.2, 0) is 17.5 Å². The molecule has 3 heterocycles. The van der Waals surface area contributed by atoms with E-state index in [1.807, 2.05) is 0 Å². The number of nitrogens with zero attached hydrogens (tertiary/aromatic N) is 4. The van der Waals surface area contributed by atoms with Crippen molar-refractivity contribution in [3.8, 4) is 0 Å². The fraction of sp³-hybridized carbons (Fsp3) is 0.400.